The third kappa shape index (κ3) is 4.49. The van der Waals surface area contributed by atoms with Crippen LogP contribution in [0, 0.1) is 0 Å². The fourth-order valence-electron chi connectivity index (χ4n) is 4.78. The van der Waals surface area contributed by atoms with Crippen LogP contribution >= 0.6 is 0 Å². The van der Waals surface area contributed by atoms with Crippen LogP contribution in [0.4, 0.5) is 5.69 Å². The summed E-state index contributed by atoms with van der Waals surface area (Å²) < 4.78 is 31.9. The molecule has 1 aromatic heterocycles. The number of nitrogens with zero attached hydrogens (tertiary/aromatic N) is 3. The molecule has 0 saturated heterocycles. The molecule has 1 atom stereocenters. The number of rotatable bonds is 6. The highest BCUT2D eigenvalue weighted by atomic mass is 32.2. The van der Waals surface area contributed by atoms with Crippen LogP contribution in [0.5, 0.6) is 0 Å². The molecule has 9 nitrogen and oxygen atoms in total. The topological polar surface area (TPSA) is 110 Å². The molecular weight excluding hydrogens is 492 g/mol. The predicted octanol–water partition coefficient (Wildman–Crippen LogP) is 1.72. The third-order valence-corrected chi connectivity index (χ3v) is 8.25. The minimum atomic E-state index is -4.21. The maximum Gasteiger partial charge on any atom is 0.330 e. The number of sulfonamides is 1. The summed E-state index contributed by atoms with van der Waals surface area (Å²) in [5, 5.41) is 0.0897. The number of benzene rings is 3. The lowest BCUT2D eigenvalue weighted by atomic mass is 10.1. The highest BCUT2D eigenvalue weighted by Crippen LogP contribution is 2.28. The predicted molar refractivity (Wildman–Crippen MR) is 141 cm³/mol. The highest BCUT2D eigenvalue weighted by Gasteiger charge is 2.33. The van der Waals surface area contributed by atoms with Gasteiger partial charge in [-0.15, -0.1) is 0 Å². The average molecular weight is 519 g/mol. The van der Waals surface area contributed by atoms with E-state index in [4.69, 9.17) is 0 Å². The SMILES string of the molecule is Cn1c(=O)c2cc(S(=O)(=O)NC(Cc3ccccc3)C(=O)N3CCc4ccccc43)ccc2n(C)c1=O. The van der Waals surface area contributed by atoms with E-state index in [1.165, 1.54) is 36.9 Å². The Balaban J connectivity index is 1.53. The van der Waals surface area contributed by atoms with Gasteiger partial charge in [0.15, 0.2) is 0 Å². The van der Waals surface area contributed by atoms with E-state index in [0.717, 1.165) is 21.4 Å². The van der Waals surface area contributed by atoms with E-state index in [2.05, 4.69) is 4.72 Å². The summed E-state index contributed by atoms with van der Waals surface area (Å²) in [6, 6.07) is 19.7. The smallest absolute Gasteiger partial charge is 0.310 e. The van der Waals surface area contributed by atoms with Crippen molar-refractivity contribution in [1.29, 1.82) is 0 Å². The Morgan fingerprint density at radius 3 is 2.41 bits per heavy atom. The van der Waals surface area contributed by atoms with Crippen LogP contribution in [0.3, 0.4) is 0 Å². The summed E-state index contributed by atoms with van der Waals surface area (Å²) in [4.78, 5) is 40.1. The van der Waals surface area contributed by atoms with Crippen molar-refractivity contribution in [1.82, 2.24) is 13.9 Å². The van der Waals surface area contributed by atoms with Crippen molar-refractivity contribution in [2.45, 2.75) is 23.8 Å². The molecule has 37 heavy (non-hydrogen) atoms. The zero-order valence-corrected chi connectivity index (χ0v) is 21.2. The maximum absolute atomic E-state index is 13.7. The molecule has 3 aromatic carbocycles. The lowest BCUT2D eigenvalue weighted by Gasteiger charge is -2.25. The van der Waals surface area contributed by atoms with Crippen molar-refractivity contribution in [3.05, 3.63) is 105 Å². The number of nitrogens with one attached hydrogen (secondary N) is 1. The maximum atomic E-state index is 13.7. The van der Waals surface area contributed by atoms with Gasteiger partial charge >= 0.3 is 5.69 Å². The molecule has 190 valence electrons. The van der Waals surface area contributed by atoms with Crippen LogP contribution in [0.25, 0.3) is 10.9 Å². The first-order valence-electron chi connectivity index (χ1n) is 11.8. The molecule has 1 aliphatic rings. The largest absolute Gasteiger partial charge is 0.330 e. The molecule has 2 heterocycles. The molecule has 0 aliphatic carbocycles. The van der Waals surface area contributed by atoms with Crippen molar-refractivity contribution >= 4 is 32.5 Å². The molecule has 0 radical (unpaired) electrons. The van der Waals surface area contributed by atoms with Gasteiger partial charge < -0.3 is 4.90 Å². The minimum absolute atomic E-state index is 0.0897. The highest BCUT2D eigenvalue weighted by molar-refractivity contribution is 7.89. The van der Waals surface area contributed by atoms with Crippen LogP contribution in [0.2, 0.25) is 0 Å². The molecule has 1 N–H and O–H groups in total. The molecule has 1 aliphatic heterocycles. The number of carbonyl (C=O) groups is 1. The van der Waals surface area contributed by atoms with Gasteiger partial charge in [-0.3, -0.25) is 18.7 Å². The first-order chi connectivity index (χ1) is 17.7. The summed E-state index contributed by atoms with van der Waals surface area (Å²) in [6.45, 7) is 0.464. The quantitative estimate of drug-likeness (QED) is 0.418. The Kier molecular flexibility index (Phi) is 6.30. The average Bonchev–Trinajstić information content (AvgIpc) is 3.34. The normalized spacial score (nSPS) is 14.1. The Bertz CT molecular complexity index is 1740. The van der Waals surface area contributed by atoms with Gasteiger partial charge in [-0.05, 0) is 48.2 Å². The second-order valence-electron chi connectivity index (χ2n) is 9.12. The van der Waals surface area contributed by atoms with Gasteiger partial charge in [0.05, 0.1) is 15.8 Å². The second kappa shape index (κ2) is 9.45. The summed E-state index contributed by atoms with van der Waals surface area (Å²) in [5.74, 6) is -0.350. The number of aryl methyl sites for hydroxylation is 1. The number of amides is 1. The van der Waals surface area contributed by atoms with Crippen molar-refractivity contribution < 1.29 is 13.2 Å². The number of anilines is 1. The van der Waals surface area contributed by atoms with E-state index in [9.17, 15) is 22.8 Å². The standard InChI is InChI=1S/C27H26N4O5S/c1-29-24-13-12-20(17-21(24)25(32)30(2)27(29)34)37(35,36)28-22(16-18-8-4-3-5-9-18)26(33)31-15-14-19-10-6-7-11-23(19)31/h3-13,17,22,28H,14-16H2,1-2H3. The molecule has 0 spiro atoms. The van der Waals surface area contributed by atoms with Crippen LogP contribution in [-0.2, 0) is 41.8 Å². The third-order valence-electron chi connectivity index (χ3n) is 6.78. The van der Waals surface area contributed by atoms with E-state index >= 15 is 0 Å². The number of fused-ring (bicyclic) bond motifs is 2. The Labute approximate surface area is 213 Å². The van der Waals surface area contributed by atoms with Gasteiger partial charge in [0.1, 0.15) is 6.04 Å². The fourth-order valence-corrected chi connectivity index (χ4v) is 6.00. The van der Waals surface area contributed by atoms with Gasteiger partial charge in [-0.1, -0.05) is 48.5 Å². The van der Waals surface area contributed by atoms with Crippen molar-refractivity contribution in [3.63, 3.8) is 0 Å². The van der Waals surface area contributed by atoms with Gasteiger partial charge in [0.25, 0.3) is 5.56 Å². The van der Waals surface area contributed by atoms with Crippen LogP contribution in [0.1, 0.15) is 11.1 Å². The molecule has 0 saturated carbocycles. The summed E-state index contributed by atoms with van der Waals surface area (Å²) in [7, 11) is -1.36. The first-order valence-corrected chi connectivity index (χ1v) is 13.3. The summed E-state index contributed by atoms with van der Waals surface area (Å²) >= 11 is 0. The minimum Gasteiger partial charge on any atom is -0.310 e. The monoisotopic (exact) mass is 518 g/mol. The molecular formula is C27H26N4O5S. The molecule has 1 unspecified atom stereocenters. The fraction of sp³-hybridized carbons (Fsp3) is 0.222. The van der Waals surface area contributed by atoms with Crippen molar-refractivity contribution in [3.8, 4) is 0 Å². The van der Waals surface area contributed by atoms with Gasteiger partial charge in [-0.2, -0.15) is 4.72 Å². The summed E-state index contributed by atoms with van der Waals surface area (Å²) in [5.41, 5.74) is 1.83. The van der Waals surface area contributed by atoms with E-state index in [0.29, 0.717) is 18.5 Å². The molecule has 4 aromatic rings. The van der Waals surface area contributed by atoms with Crippen molar-refractivity contribution in [2.75, 3.05) is 11.4 Å². The summed E-state index contributed by atoms with van der Waals surface area (Å²) in [6.07, 6.45) is 0.848. The zero-order chi connectivity index (χ0) is 26.3. The molecule has 1 amide bonds. The Morgan fingerprint density at radius 2 is 1.65 bits per heavy atom. The van der Waals surface area contributed by atoms with E-state index in [1.54, 1.807) is 4.90 Å². The number of hydrogen-bond acceptors (Lipinski definition) is 5. The number of para-hydroxylation sites is 1. The van der Waals surface area contributed by atoms with Gasteiger partial charge in [0, 0.05) is 26.3 Å². The second-order valence-corrected chi connectivity index (χ2v) is 10.8. The van der Waals surface area contributed by atoms with Gasteiger partial charge in [-0.25, -0.2) is 13.2 Å². The first kappa shape index (κ1) is 24.7. The Hall–Kier alpha value is -4.02. The molecule has 0 bridgehead atoms. The van der Waals surface area contributed by atoms with E-state index < -0.39 is 27.3 Å². The Morgan fingerprint density at radius 1 is 0.946 bits per heavy atom. The van der Waals surface area contributed by atoms with Crippen LogP contribution < -0.4 is 20.9 Å². The van der Waals surface area contributed by atoms with Crippen LogP contribution in [-0.4, -0.2) is 36.0 Å². The van der Waals surface area contributed by atoms with E-state index in [1.807, 2.05) is 54.6 Å². The lowest BCUT2D eigenvalue weighted by molar-refractivity contribution is -0.120. The number of carbonyl (C=O) groups excluding carboxylic acids is 1. The number of hydrogen-bond donors (Lipinski definition) is 1. The van der Waals surface area contributed by atoms with Gasteiger partial charge in [0.2, 0.25) is 15.9 Å². The zero-order valence-electron chi connectivity index (χ0n) is 20.4. The lowest BCUT2D eigenvalue weighted by Crippen LogP contribution is -2.49. The molecule has 5 rings (SSSR count). The van der Waals surface area contributed by atoms with Crippen LogP contribution in [0.15, 0.2) is 87.3 Å². The van der Waals surface area contributed by atoms with E-state index in [-0.39, 0.29) is 22.6 Å². The molecule has 10 heteroatoms. The van der Waals surface area contributed by atoms with Crippen molar-refractivity contribution in [2.24, 2.45) is 14.1 Å². The molecule has 0 fully saturated rings. The number of aromatic nitrogens is 2.